The number of hydrogen-bond acceptors (Lipinski definition) is 4. The van der Waals surface area contributed by atoms with Crippen LogP contribution < -0.4 is 5.73 Å². The molecular formula is C8H13N3O. The Balaban J connectivity index is 2.69. The molecule has 1 aromatic rings. The molecule has 4 heteroatoms. The van der Waals surface area contributed by atoms with Gasteiger partial charge in [-0.2, -0.15) is 0 Å². The molecule has 0 aliphatic rings. The summed E-state index contributed by atoms with van der Waals surface area (Å²) < 4.78 is 4.90. The number of methoxy groups -OCH3 is 1. The van der Waals surface area contributed by atoms with Crippen LogP contribution in [-0.2, 0) is 11.2 Å². The van der Waals surface area contributed by atoms with E-state index in [1.807, 2.05) is 6.92 Å². The molecule has 1 heterocycles. The highest BCUT2D eigenvalue weighted by Crippen LogP contribution is 2.04. The van der Waals surface area contributed by atoms with E-state index in [1.165, 1.54) is 0 Å². The van der Waals surface area contributed by atoms with E-state index in [0.717, 1.165) is 17.9 Å². The molecule has 0 bridgehead atoms. The first-order chi connectivity index (χ1) is 5.74. The summed E-state index contributed by atoms with van der Waals surface area (Å²) in [5, 5.41) is 0. The van der Waals surface area contributed by atoms with Gasteiger partial charge in [-0.1, -0.05) is 0 Å². The topological polar surface area (TPSA) is 61.0 Å². The Bertz CT molecular complexity index is 262. The van der Waals surface area contributed by atoms with Crippen molar-refractivity contribution >= 4 is 5.69 Å². The van der Waals surface area contributed by atoms with Gasteiger partial charge in [-0.25, -0.2) is 9.97 Å². The third kappa shape index (κ3) is 2.17. The first kappa shape index (κ1) is 8.93. The van der Waals surface area contributed by atoms with Gasteiger partial charge in [0.05, 0.1) is 24.2 Å². The quantitative estimate of drug-likeness (QED) is 0.714. The second-order valence-corrected chi connectivity index (χ2v) is 2.57. The van der Waals surface area contributed by atoms with Crippen LogP contribution in [0.3, 0.4) is 0 Å². The fraction of sp³-hybridized carbons (Fsp3) is 0.500. The lowest BCUT2D eigenvalue weighted by molar-refractivity contribution is 0.200. The van der Waals surface area contributed by atoms with Crippen molar-refractivity contribution in [2.24, 2.45) is 0 Å². The van der Waals surface area contributed by atoms with Crippen molar-refractivity contribution < 1.29 is 4.74 Å². The number of aryl methyl sites for hydroxylation is 1. The van der Waals surface area contributed by atoms with Gasteiger partial charge in [0.2, 0.25) is 0 Å². The van der Waals surface area contributed by atoms with Crippen LogP contribution in [0.4, 0.5) is 5.69 Å². The number of nitrogens with two attached hydrogens (primary N) is 1. The minimum Gasteiger partial charge on any atom is -0.396 e. The van der Waals surface area contributed by atoms with E-state index in [9.17, 15) is 0 Å². The van der Waals surface area contributed by atoms with Gasteiger partial charge in [0.15, 0.2) is 0 Å². The van der Waals surface area contributed by atoms with E-state index < -0.39 is 0 Å². The maximum atomic E-state index is 5.56. The van der Waals surface area contributed by atoms with Gasteiger partial charge >= 0.3 is 0 Å². The largest absolute Gasteiger partial charge is 0.396 e. The molecule has 1 rings (SSSR count). The zero-order valence-corrected chi connectivity index (χ0v) is 7.37. The summed E-state index contributed by atoms with van der Waals surface area (Å²) in [5.41, 5.74) is 7.03. The van der Waals surface area contributed by atoms with Crippen LogP contribution in [0, 0.1) is 6.92 Å². The summed E-state index contributed by atoms with van der Waals surface area (Å²) in [6.07, 6.45) is 2.37. The Labute approximate surface area is 71.8 Å². The monoisotopic (exact) mass is 167 g/mol. The highest BCUT2D eigenvalue weighted by atomic mass is 16.5. The lowest BCUT2D eigenvalue weighted by Crippen LogP contribution is -2.03. The zero-order chi connectivity index (χ0) is 8.97. The van der Waals surface area contributed by atoms with Crippen molar-refractivity contribution in [3.8, 4) is 0 Å². The Morgan fingerprint density at radius 2 is 2.33 bits per heavy atom. The average molecular weight is 167 g/mol. The van der Waals surface area contributed by atoms with E-state index in [1.54, 1.807) is 13.3 Å². The van der Waals surface area contributed by atoms with Gasteiger partial charge in [-0.3, -0.25) is 0 Å². The molecule has 0 atom stereocenters. The van der Waals surface area contributed by atoms with Gasteiger partial charge in [0, 0.05) is 13.5 Å². The molecule has 0 fully saturated rings. The maximum absolute atomic E-state index is 5.56. The van der Waals surface area contributed by atoms with Gasteiger partial charge in [-0.05, 0) is 6.92 Å². The fourth-order valence-electron chi connectivity index (χ4n) is 0.838. The van der Waals surface area contributed by atoms with Gasteiger partial charge in [0.1, 0.15) is 5.82 Å². The second kappa shape index (κ2) is 4.01. The van der Waals surface area contributed by atoms with E-state index in [-0.39, 0.29) is 0 Å². The van der Waals surface area contributed by atoms with Gasteiger partial charge in [0.25, 0.3) is 0 Å². The molecule has 0 aromatic carbocycles. The molecule has 0 spiro atoms. The molecule has 0 amide bonds. The summed E-state index contributed by atoms with van der Waals surface area (Å²) in [6, 6.07) is 0. The maximum Gasteiger partial charge on any atom is 0.130 e. The highest BCUT2D eigenvalue weighted by Gasteiger charge is 1.99. The minimum absolute atomic E-state index is 0.635. The number of ether oxygens (including phenoxy) is 1. The third-order valence-corrected chi connectivity index (χ3v) is 1.60. The summed E-state index contributed by atoms with van der Waals surface area (Å²) in [4.78, 5) is 8.25. The van der Waals surface area contributed by atoms with Crippen LogP contribution in [0.5, 0.6) is 0 Å². The van der Waals surface area contributed by atoms with E-state index in [2.05, 4.69) is 9.97 Å². The molecule has 0 saturated heterocycles. The van der Waals surface area contributed by atoms with Crippen LogP contribution in [0.2, 0.25) is 0 Å². The third-order valence-electron chi connectivity index (χ3n) is 1.60. The van der Waals surface area contributed by atoms with Crippen LogP contribution in [0.25, 0.3) is 0 Å². The number of nitrogen functional groups attached to an aromatic ring is 1. The lowest BCUT2D eigenvalue weighted by atomic mass is 10.3. The molecular weight excluding hydrogens is 154 g/mol. The smallest absolute Gasteiger partial charge is 0.130 e. The average Bonchev–Trinajstić information content (AvgIpc) is 2.07. The van der Waals surface area contributed by atoms with Crippen LogP contribution in [-0.4, -0.2) is 23.7 Å². The molecule has 4 nitrogen and oxygen atoms in total. The van der Waals surface area contributed by atoms with Crippen LogP contribution >= 0.6 is 0 Å². The Morgan fingerprint density at radius 1 is 1.58 bits per heavy atom. The Kier molecular flexibility index (Phi) is 2.99. The zero-order valence-electron chi connectivity index (χ0n) is 7.37. The molecule has 12 heavy (non-hydrogen) atoms. The highest BCUT2D eigenvalue weighted by molar-refractivity contribution is 5.38. The molecule has 1 aromatic heterocycles. The predicted molar refractivity (Wildman–Crippen MR) is 46.8 cm³/mol. The minimum atomic E-state index is 0.635. The molecule has 0 aliphatic carbocycles. The molecule has 0 aliphatic heterocycles. The molecule has 0 unspecified atom stereocenters. The number of nitrogens with zero attached hydrogens (tertiary/aromatic N) is 2. The number of rotatable bonds is 3. The fourth-order valence-corrected chi connectivity index (χ4v) is 0.838. The Morgan fingerprint density at radius 3 is 2.92 bits per heavy atom. The molecule has 0 saturated carbocycles. The summed E-state index contributed by atoms with van der Waals surface area (Å²) >= 11 is 0. The van der Waals surface area contributed by atoms with Gasteiger partial charge < -0.3 is 10.5 Å². The first-order valence-electron chi connectivity index (χ1n) is 3.81. The van der Waals surface area contributed by atoms with Crippen molar-refractivity contribution in [2.75, 3.05) is 19.5 Å². The Hall–Kier alpha value is -1.16. The van der Waals surface area contributed by atoms with E-state index >= 15 is 0 Å². The molecule has 2 N–H and O–H groups in total. The van der Waals surface area contributed by atoms with Crippen molar-refractivity contribution in [3.63, 3.8) is 0 Å². The number of hydrogen-bond donors (Lipinski definition) is 1. The van der Waals surface area contributed by atoms with Crippen molar-refractivity contribution in [1.29, 1.82) is 0 Å². The summed E-state index contributed by atoms with van der Waals surface area (Å²) in [7, 11) is 1.66. The summed E-state index contributed by atoms with van der Waals surface area (Å²) in [5.74, 6) is 0.781. The van der Waals surface area contributed by atoms with Crippen LogP contribution in [0.15, 0.2) is 6.20 Å². The van der Waals surface area contributed by atoms with Crippen molar-refractivity contribution in [2.45, 2.75) is 13.3 Å². The van der Waals surface area contributed by atoms with E-state index in [4.69, 9.17) is 10.5 Å². The van der Waals surface area contributed by atoms with E-state index in [0.29, 0.717) is 12.3 Å². The normalized spacial score (nSPS) is 10.2. The number of anilines is 1. The van der Waals surface area contributed by atoms with Crippen molar-refractivity contribution in [3.05, 3.63) is 17.7 Å². The van der Waals surface area contributed by atoms with Crippen LogP contribution in [0.1, 0.15) is 11.5 Å². The predicted octanol–water partition coefficient (Wildman–Crippen LogP) is 0.556. The SMILES string of the molecule is COCCc1ncc(N)c(C)n1. The summed E-state index contributed by atoms with van der Waals surface area (Å²) in [6.45, 7) is 2.51. The van der Waals surface area contributed by atoms with Crippen molar-refractivity contribution in [1.82, 2.24) is 9.97 Å². The number of aromatic nitrogens is 2. The van der Waals surface area contributed by atoms with Gasteiger partial charge in [-0.15, -0.1) is 0 Å². The second-order valence-electron chi connectivity index (χ2n) is 2.57. The first-order valence-corrected chi connectivity index (χ1v) is 3.81. The molecule has 66 valence electrons. The molecule has 0 radical (unpaired) electrons. The lowest BCUT2D eigenvalue weighted by Gasteiger charge is -2.01. The standard InChI is InChI=1S/C8H13N3O/c1-6-7(9)5-10-8(11-6)3-4-12-2/h5H,3-4,9H2,1-2H3.